The van der Waals surface area contributed by atoms with Gasteiger partial charge in [0.05, 0.1) is 0 Å². The second-order valence-electron chi connectivity index (χ2n) is 5.03. The molecule has 0 atom stereocenters. The third kappa shape index (κ3) is 2.86. The van der Waals surface area contributed by atoms with Crippen LogP contribution in [-0.4, -0.2) is 41.4 Å². The van der Waals surface area contributed by atoms with Gasteiger partial charge in [-0.1, -0.05) is 15.9 Å². The van der Waals surface area contributed by atoms with E-state index in [4.69, 9.17) is 0 Å². The van der Waals surface area contributed by atoms with E-state index >= 15 is 0 Å². The maximum atomic E-state index is 4.65. The summed E-state index contributed by atoms with van der Waals surface area (Å²) in [6.07, 6.45) is 1.13. The molecule has 20 heavy (non-hydrogen) atoms. The summed E-state index contributed by atoms with van der Waals surface area (Å²) >= 11 is 3.48. The average molecular weight is 336 g/mol. The van der Waals surface area contributed by atoms with Gasteiger partial charge in [-0.05, 0) is 43.7 Å². The van der Waals surface area contributed by atoms with E-state index in [9.17, 15) is 0 Å². The van der Waals surface area contributed by atoms with Crippen molar-refractivity contribution >= 4 is 21.9 Å². The molecule has 0 saturated carbocycles. The molecule has 3 rings (SSSR count). The maximum absolute atomic E-state index is 4.65. The van der Waals surface area contributed by atoms with Crippen molar-refractivity contribution in [3.8, 4) is 11.4 Å². The van der Waals surface area contributed by atoms with Crippen LogP contribution >= 0.6 is 15.9 Å². The Morgan fingerprint density at radius 2 is 2.15 bits per heavy atom. The summed E-state index contributed by atoms with van der Waals surface area (Å²) in [6.45, 7) is 6.10. The minimum Gasteiger partial charge on any atom is -0.338 e. The molecule has 0 unspecified atom stereocenters. The molecule has 0 radical (unpaired) electrons. The molecule has 1 aliphatic rings. The number of H-pyrrole nitrogens is 1. The van der Waals surface area contributed by atoms with Crippen molar-refractivity contribution in [1.29, 1.82) is 0 Å². The quantitative estimate of drug-likeness (QED) is 0.884. The SMILES string of the molecule is Cc1cc(Br)ccc1-c1nc(N2CCCNCC2)n[nH]1. The van der Waals surface area contributed by atoms with Crippen LogP contribution in [0.1, 0.15) is 12.0 Å². The summed E-state index contributed by atoms with van der Waals surface area (Å²) in [7, 11) is 0. The van der Waals surface area contributed by atoms with E-state index in [0.717, 1.165) is 54.4 Å². The van der Waals surface area contributed by atoms with Crippen LogP contribution in [0, 0.1) is 6.92 Å². The summed E-state index contributed by atoms with van der Waals surface area (Å²) in [5, 5.41) is 10.8. The topological polar surface area (TPSA) is 56.8 Å². The zero-order chi connectivity index (χ0) is 13.9. The van der Waals surface area contributed by atoms with E-state index in [-0.39, 0.29) is 0 Å². The first-order chi connectivity index (χ1) is 9.74. The van der Waals surface area contributed by atoms with Crippen molar-refractivity contribution in [2.75, 3.05) is 31.1 Å². The van der Waals surface area contributed by atoms with E-state index in [0.29, 0.717) is 0 Å². The van der Waals surface area contributed by atoms with Gasteiger partial charge in [0.1, 0.15) is 0 Å². The first-order valence-corrected chi connectivity index (χ1v) is 7.68. The molecular formula is C14H18BrN5. The van der Waals surface area contributed by atoms with Crippen LogP contribution in [0.2, 0.25) is 0 Å². The molecule has 0 amide bonds. The molecule has 2 N–H and O–H groups in total. The predicted molar refractivity (Wildman–Crippen MR) is 84.0 cm³/mol. The minimum absolute atomic E-state index is 0.797. The number of anilines is 1. The monoisotopic (exact) mass is 335 g/mol. The molecule has 1 aromatic carbocycles. The lowest BCUT2D eigenvalue weighted by Gasteiger charge is -2.16. The van der Waals surface area contributed by atoms with Gasteiger partial charge in [0, 0.05) is 29.7 Å². The summed E-state index contributed by atoms with van der Waals surface area (Å²) in [5.74, 6) is 1.63. The van der Waals surface area contributed by atoms with E-state index in [1.54, 1.807) is 0 Å². The van der Waals surface area contributed by atoms with Gasteiger partial charge in [0.25, 0.3) is 0 Å². The number of aryl methyl sites for hydroxylation is 1. The van der Waals surface area contributed by atoms with Crippen molar-refractivity contribution in [2.24, 2.45) is 0 Å². The predicted octanol–water partition coefficient (Wildman–Crippen LogP) is 2.34. The first-order valence-electron chi connectivity index (χ1n) is 6.88. The average Bonchev–Trinajstić information content (AvgIpc) is 2.74. The number of hydrogen-bond acceptors (Lipinski definition) is 4. The molecule has 5 nitrogen and oxygen atoms in total. The van der Waals surface area contributed by atoms with Crippen LogP contribution in [0.3, 0.4) is 0 Å². The zero-order valence-electron chi connectivity index (χ0n) is 11.5. The van der Waals surface area contributed by atoms with Crippen LogP contribution in [-0.2, 0) is 0 Å². The van der Waals surface area contributed by atoms with Crippen LogP contribution in [0.4, 0.5) is 5.95 Å². The summed E-state index contributed by atoms with van der Waals surface area (Å²) in [6, 6.07) is 6.18. The van der Waals surface area contributed by atoms with Crippen molar-refractivity contribution < 1.29 is 0 Å². The number of aromatic nitrogens is 3. The molecular weight excluding hydrogens is 318 g/mol. The van der Waals surface area contributed by atoms with E-state index in [2.05, 4.69) is 60.4 Å². The smallest absolute Gasteiger partial charge is 0.245 e. The lowest BCUT2D eigenvalue weighted by Crippen LogP contribution is -2.28. The molecule has 1 aliphatic heterocycles. The van der Waals surface area contributed by atoms with Crippen LogP contribution in [0.5, 0.6) is 0 Å². The van der Waals surface area contributed by atoms with Gasteiger partial charge in [0.2, 0.25) is 5.95 Å². The highest BCUT2D eigenvalue weighted by atomic mass is 79.9. The molecule has 2 aromatic rings. The Labute approximate surface area is 126 Å². The number of halogens is 1. The minimum atomic E-state index is 0.797. The standard InChI is InChI=1S/C14H18BrN5/c1-10-9-11(15)3-4-12(10)13-17-14(19-18-13)20-7-2-5-16-6-8-20/h3-4,9,16H,2,5-8H2,1H3,(H,17,18,19). The molecule has 6 heteroatoms. The molecule has 106 valence electrons. The number of aromatic amines is 1. The number of rotatable bonds is 2. The summed E-state index contributed by atoms with van der Waals surface area (Å²) in [4.78, 5) is 6.88. The molecule has 0 bridgehead atoms. The van der Waals surface area contributed by atoms with Crippen molar-refractivity contribution in [3.63, 3.8) is 0 Å². The Hall–Kier alpha value is -1.40. The largest absolute Gasteiger partial charge is 0.338 e. The van der Waals surface area contributed by atoms with Crippen molar-refractivity contribution in [3.05, 3.63) is 28.2 Å². The van der Waals surface area contributed by atoms with Gasteiger partial charge in [-0.3, -0.25) is 5.10 Å². The Kier molecular flexibility index (Phi) is 4.03. The molecule has 1 saturated heterocycles. The fourth-order valence-corrected chi connectivity index (χ4v) is 2.93. The molecule has 1 fully saturated rings. The van der Waals surface area contributed by atoms with Gasteiger partial charge in [-0.15, -0.1) is 5.10 Å². The van der Waals surface area contributed by atoms with Crippen molar-refractivity contribution in [1.82, 2.24) is 20.5 Å². The Balaban J connectivity index is 1.85. The van der Waals surface area contributed by atoms with E-state index in [1.807, 2.05) is 6.07 Å². The fourth-order valence-electron chi connectivity index (χ4n) is 2.45. The molecule has 1 aromatic heterocycles. The zero-order valence-corrected chi connectivity index (χ0v) is 13.1. The van der Waals surface area contributed by atoms with Gasteiger partial charge < -0.3 is 10.2 Å². The second kappa shape index (κ2) is 5.93. The number of benzene rings is 1. The van der Waals surface area contributed by atoms with Gasteiger partial charge >= 0.3 is 0 Å². The molecule has 0 spiro atoms. The van der Waals surface area contributed by atoms with Gasteiger partial charge in [-0.2, -0.15) is 4.98 Å². The summed E-state index contributed by atoms with van der Waals surface area (Å²) < 4.78 is 1.08. The Bertz CT molecular complexity index is 587. The highest BCUT2D eigenvalue weighted by Crippen LogP contribution is 2.24. The maximum Gasteiger partial charge on any atom is 0.245 e. The summed E-state index contributed by atoms with van der Waals surface area (Å²) in [5.41, 5.74) is 2.28. The first kappa shape index (κ1) is 13.6. The van der Waals surface area contributed by atoms with Gasteiger partial charge in [0.15, 0.2) is 5.82 Å². The number of nitrogens with zero attached hydrogens (tertiary/aromatic N) is 3. The molecule has 2 heterocycles. The third-order valence-corrected chi connectivity index (χ3v) is 4.03. The Morgan fingerprint density at radius 1 is 1.25 bits per heavy atom. The van der Waals surface area contributed by atoms with E-state index < -0.39 is 0 Å². The second-order valence-corrected chi connectivity index (χ2v) is 5.95. The van der Waals surface area contributed by atoms with Gasteiger partial charge in [-0.25, -0.2) is 0 Å². The highest BCUT2D eigenvalue weighted by Gasteiger charge is 2.15. The lowest BCUT2D eigenvalue weighted by atomic mass is 10.1. The van der Waals surface area contributed by atoms with Crippen LogP contribution < -0.4 is 10.2 Å². The van der Waals surface area contributed by atoms with Crippen LogP contribution in [0.15, 0.2) is 22.7 Å². The van der Waals surface area contributed by atoms with Crippen LogP contribution in [0.25, 0.3) is 11.4 Å². The number of hydrogen-bond donors (Lipinski definition) is 2. The van der Waals surface area contributed by atoms with E-state index in [1.165, 1.54) is 5.56 Å². The normalized spacial score (nSPS) is 16.2. The van der Waals surface area contributed by atoms with Crippen molar-refractivity contribution in [2.45, 2.75) is 13.3 Å². The highest BCUT2D eigenvalue weighted by molar-refractivity contribution is 9.10. The third-order valence-electron chi connectivity index (χ3n) is 3.54. The fraction of sp³-hybridized carbons (Fsp3) is 0.429. The lowest BCUT2D eigenvalue weighted by molar-refractivity contribution is 0.724. The molecule has 0 aliphatic carbocycles. The Morgan fingerprint density at radius 3 is 3.00 bits per heavy atom. The number of nitrogens with one attached hydrogen (secondary N) is 2.